The molecule has 0 fully saturated rings. The number of unbranched alkanes of at least 4 members (excludes halogenated alkanes) is 2. The maximum absolute atomic E-state index is 12.0. The normalized spacial score (nSPS) is 11.8. The highest BCUT2D eigenvalue weighted by atomic mass is 32.2. The molecule has 2 aromatic carbocycles. The zero-order chi connectivity index (χ0) is 16.3. The van der Waals surface area contributed by atoms with Crippen LogP contribution in [0, 0.1) is 0 Å². The number of carbonyl (C=O) groups excluding carboxylic acids is 1. The molecule has 0 aliphatic heterocycles. The summed E-state index contributed by atoms with van der Waals surface area (Å²) in [7, 11) is -0.926. The number of benzene rings is 2. The van der Waals surface area contributed by atoms with Crippen LogP contribution in [0.1, 0.15) is 31.2 Å². The third kappa shape index (κ3) is 6.78. The van der Waals surface area contributed by atoms with Gasteiger partial charge in [-0.3, -0.25) is 9.00 Å². The molecule has 0 saturated heterocycles. The Balaban J connectivity index is 1.55. The minimum atomic E-state index is -0.926. The summed E-state index contributed by atoms with van der Waals surface area (Å²) in [6.45, 7) is 0.581. The van der Waals surface area contributed by atoms with Crippen LogP contribution in [0.5, 0.6) is 0 Å². The largest absolute Gasteiger partial charge is 0.352 e. The van der Waals surface area contributed by atoms with E-state index in [2.05, 4.69) is 5.32 Å². The summed E-state index contributed by atoms with van der Waals surface area (Å²) < 4.78 is 12.0. The van der Waals surface area contributed by atoms with Crippen molar-refractivity contribution in [2.75, 3.05) is 5.75 Å². The van der Waals surface area contributed by atoms with Crippen LogP contribution in [0.15, 0.2) is 65.6 Å². The lowest BCUT2D eigenvalue weighted by atomic mass is 10.2. The average molecular weight is 329 g/mol. The Morgan fingerprint density at radius 3 is 2.22 bits per heavy atom. The lowest BCUT2D eigenvalue weighted by Crippen LogP contribution is -2.22. The zero-order valence-electron chi connectivity index (χ0n) is 13.2. The molecule has 0 bridgehead atoms. The molecule has 3 nitrogen and oxygen atoms in total. The van der Waals surface area contributed by atoms with Gasteiger partial charge in [-0.1, -0.05) is 55.0 Å². The highest BCUT2D eigenvalue weighted by Crippen LogP contribution is 2.09. The van der Waals surface area contributed by atoms with Crippen LogP contribution in [-0.4, -0.2) is 15.9 Å². The second-order valence-corrected chi connectivity index (χ2v) is 7.01. The van der Waals surface area contributed by atoms with E-state index in [0.29, 0.717) is 18.7 Å². The standard InChI is InChI=1S/C19H23NO2S/c21-19(20-16-17-10-4-1-5-11-17)14-8-3-9-15-23(22)18-12-6-2-7-13-18/h1-2,4-7,10-13H,3,8-9,14-16H2,(H,20,21). The first-order valence-electron chi connectivity index (χ1n) is 8.00. The van der Waals surface area contributed by atoms with Crippen molar-refractivity contribution in [1.29, 1.82) is 0 Å². The monoisotopic (exact) mass is 329 g/mol. The maximum Gasteiger partial charge on any atom is 0.220 e. The molecule has 0 heterocycles. The first-order valence-corrected chi connectivity index (χ1v) is 9.31. The summed E-state index contributed by atoms with van der Waals surface area (Å²) in [5, 5.41) is 2.93. The smallest absolute Gasteiger partial charge is 0.220 e. The Morgan fingerprint density at radius 2 is 1.52 bits per heavy atom. The topological polar surface area (TPSA) is 46.2 Å². The molecule has 1 N–H and O–H groups in total. The quantitative estimate of drug-likeness (QED) is 0.714. The second-order valence-electron chi connectivity index (χ2n) is 5.44. The molecule has 2 rings (SSSR count). The molecule has 0 spiro atoms. The summed E-state index contributed by atoms with van der Waals surface area (Å²) >= 11 is 0. The molecule has 1 amide bonds. The highest BCUT2D eigenvalue weighted by Gasteiger charge is 2.04. The maximum atomic E-state index is 12.0. The molecule has 1 unspecified atom stereocenters. The van der Waals surface area contributed by atoms with Crippen LogP contribution in [0.3, 0.4) is 0 Å². The summed E-state index contributed by atoms with van der Waals surface area (Å²) in [5.41, 5.74) is 1.11. The Labute approximate surface area is 140 Å². The molecule has 2 aromatic rings. The van der Waals surface area contributed by atoms with Crippen LogP contribution in [-0.2, 0) is 22.1 Å². The lowest BCUT2D eigenvalue weighted by molar-refractivity contribution is -0.121. The number of carbonyl (C=O) groups is 1. The number of nitrogens with one attached hydrogen (secondary N) is 1. The van der Waals surface area contributed by atoms with Gasteiger partial charge in [-0.2, -0.15) is 0 Å². The first-order chi connectivity index (χ1) is 11.3. The fourth-order valence-corrected chi connectivity index (χ4v) is 3.43. The predicted octanol–water partition coefficient (Wildman–Crippen LogP) is 3.67. The van der Waals surface area contributed by atoms with E-state index in [4.69, 9.17) is 0 Å². The summed E-state index contributed by atoms with van der Waals surface area (Å²) in [4.78, 5) is 12.6. The van der Waals surface area contributed by atoms with E-state index in [0.717, 1.165) is 29.7 Å². The Morgan fingerprint density at radius 1 is 0.870 bits per heavy atom. The molecule has 0 radical (unpaired) electrons. The first kappa shape index (κ1) is 17.4. The van der Waals surface area contributed by atoms with Gasteiger partial charge in [-0.05, 0) is 30.5 Å². The second kappa shape index (κ2) is 9.95. The minimum absolute atomic E-state index is 0.0815. The van der Waals surface area contributed by atoms with E-state index in [1.54, 1.807) is 0 Å². The van der Waals surface area contributed by atoms with Gasteiger partial charge in [0, 0.05) is 23.6 Å². The van der Waals surface area contributed by atoms with Crippen molar-refractivity contribution in [2.45, 2.75) is 37.1 Å². The van der Waals surface area contributed by atoms with Gasteiger partial charge >= 0.3 is 0 Å². The molecule has 0 aliphatic carbocycles. The predicted molar refractivity (Wildman–Crippen MR) is 94.5 cm³/mol. The molecular formula is C19H23NO2S. The van der Waals surface area contributed by atoms with Gasteiger partial charge in [0.05, 0.1) is 10.8 Å². The molecule has 122 valence electrons. The lowest BCUT2D eigenvalue weighted by Gasteiger charge is -2.05. The molecular weight excluding hydrogens is 306 g/mol. The van der Waals surface area contributed by atoms with Crippen molar-refractivity contribution in [2.24, 2.45) is 0 Å². The van der Waals surface area contributed by atoms with E-state index in [1.165, 1.54) is 0 Å². The Kier molecular flexibility index (Phi) is 7.54. The number of amides is 1. The molecule has 4 heteroatoms. The number of hydrogen-bond donors (Lipinski definition) is 1. The van der Waals surface area contributed by atoms with Crippen LogP contribution >= 0.6 is 0 Å². The van der Waals surface area contributed by atoms with Gasteiger partial charge in [0.1, 0.15) is 0 Å². The van der Waals surface area contributed by atoms with E-state index >= 15 is 0 Å². The van der Waals surface area contributed by atoms with Crippen molar-refractivity contribution in [3.8, 4) is 0 Å². The van der Waals surface area contributed by atoms with Gasteiger partial charge in [-0.15, -0.1) is 0 Å². The fraction of sp³-hybridized carbons (Fsp3) is 0.316. The van der Waals surface area contributed by atoms with E-state index in [-0.39, 0.29) is 5.91 Å². The van der Waals surface area contributed by atoms with E-state index in [1.807, 2.05) is 60.7 Å². The third-order valence-electron chi connectivity index (χ3n) is 3.57. The third-order valence-corrected chi connectivity index (χ3v) is 5.03. The van der Waals surface area contributed by atoms with Gasteiger partial charge in [-0.25, -0.2) is 0 Å². The van der Waals surface area contributed by atoms with E-state index < -0.39 is 10.8 Å². The van der Waals surface area contributed by atoms with Crippen LogP contribution in [0.2, 0.25) is 0 Å². The van der Waals surface area contributed by atoms with Gasteiger partial charge in [0.2, 0.25) is 5.91 Å². The van der Waals surface area contributed by atoms with Gasteiger partial charge < -0.3 is 5.32 Å². The van der Waals surface area contributed by atoms with Crippen molar-refractivity contribution in [3.05, 3.63) is 66.2 Å². The summed E-state index contributed by atoms with van der Waals surface area (Å²) in [6.07, 6.45) is 3.18. The van der Waals surface area contributed by atoms with Crippen molar-refractivity contribution < 1.29 is 9.00 Å². The SMILES string of the molecule is O=C(CCCCCS(=O)c1ccccc1)NCc1ccccc1. The number of hydrogen-bond acceptors (Lipinski definition) is 2. The van der Waals surface area contributed by atoms with Crippen LogP contribution < -0.4 is 5.32 Å². The van der Waals surface area contributed by atoms with E-state index in [9.17, 15) is 9.00 Å². The Bertz CT molecular complexity index is 614. The zero-order valence-corrected chi connectivity index (χ0v) is 14.1. The Hall–Kier alpha value is -1.94. The molecule has 0 saturated carbocycles. The molecule has 1 atom stereocenters. The summed E-state index contributed by atoms with van der Waals surface area (Å²) in [6, 6.07) is 19.4. The minimum Gasteiger partial charge on any atom is -0.352 e. The van der Waals surface area contributed by atoms with Crippen molar-refractivity contribution in [3.63, 3.8) is 0 Å². The van der Waals surface area contributed by atoms with Gasteiger partial charge in [0.25, 0.3) is 0 Å². The highest BCUT2D eigenvalue weighted by molar-refractivity contribution is 7.85. The molecule has 23 heavy (non-hydrogen) atoms. The number of rotatable bonds is 9. The molecule has 0 aliphatic rings. The van der Waals surface area contributed by atoms with Gasteiger partial charge in [0.15, 0.2) is 0 Å². The fourth-order valence-electron chi connectivity index (χ4n) is 2.27. The summed E-state index contributed by atoms with van der Waals surface area (Å²) in [5.74, 6) is 0.744. The average Bonchev–Trinajstić information content (AvgIpc) is 2.61. The van der Waals surface area contributed by atoms with Crippen LogP contribution in [0.4, 0.5) is 0 Å². The van der Waals surface area contributed by atoms with Crippen molar-refractivity contribution in [1.82, 2.24) is 5.32 Å². The molecule has 0 aromatic heterocycles. The van der Waals surface area contributed by atoms with Crippen LogP contribution in [0.25, 0.3) is 0 Å². The van der Waals surface area contributed by atoms with Crippen molar-refractivity contribution >= 4 is 16.7 Å².